The number of carbonyl (C=O) groups excluding carboxylic acids is 1. The highest BCUT2D eigenvalue weighted by Gasteiger charge is 2.26. The van der Waals surface area contributed by atoms with Crippen molar-refractivity contribution in [2.24, 2.45) is 0 Å². The number of halogens is 1. The second-order valence-electron chi connectivity index (χ2n) is 3.08. The van der Waals surface area contributed by atoms with Gasteiger partial charge in [-0.1, -0.05) is 23.7 Å². The summed E-state index contributed by atoms with van der Waals surface area (Å²) in [5.74, 6) is 0.556. The average molecular weight is 180 g/mol. The SMILES string of the molecule is O=[C]c1c(Cl)cccc1C1CC1. The Balaban J connectivity index is 2.50. The molecule has 0 spiro atoms. The first-order valence-electron chi connectivity index (χ1n) is 3.99. The maximum absolute atomic E-state index is 10.6. The van der Waals surface area contributed by atoms with Gasteiger partial charge in [0.2, 0.25) is 6.29 Å². The Morgan fingerprint density at radius 2 is 2.17 bits per heavy atom. The lowest BCUT2D eigenvalue weighted by molar-refractivity contribution is 0.562. The Bertz CT molecular complexity index is 316. The van der Waals surface area contributed by atoms with E-state index in [0.717, 1.165) is 5.56 Å². The Kier molecular flexibility index (Phi) is 1.89. The molecule has 0 heterocycles. The van der Waals surface area contributed by atoms with Crippen LogP contribution in [0.15, 0.2) is 18.2 Å². The molecule has 0 amide bonds. The first-order chi connectivity index (χ1) is 5.83. The molecule has 1 saturated carbocycles. The van der Waals surface area contributed by atoms with Crippen molar-refractivity contribution in [2.75, 3.05) is 0 Å². The fourth-order valence-electron chi connectivity index (χ4n) is 1.38. The van der Waals surface area contributed by atoms with E-state index in [2.05, 4.69) is 0 Å². The van der Waals surface area contributed by atoms with Crippen molar-refractivity contribution in [2.45, 2.75) is 18.8 Å². The minimum absolute atomic E-state index is 0.523. The maximum atomic E-state index is 10.6. The highest BCUT2D eigenvalue weighted by atomic mass is 35.5. The molecule has 1 aliphatic carbocycles. The van der Waals surface area contributed by atoms with Gasteiger partial charge in [0.15, 0.2) is 0 Å². The van der Waals surface area contributed by atoms with Gasteiger partial charge in [-0.05, 0) is 30.4 Å². The summed E-state index contributed by atoms with van der Waals surface area (Å²) in [6.07, 6.45) is 4.25. The van der Waals surface area contributed by atoms with Crippen LogP contribution < -0.4 is 0 Å². The molecule has 0 aromatic heterocycles. The molecule has 0 saturated heterocycles. The van der Waals surface area contributed by atoms with Crippen LogP contribution in [0.3, 0.4) is 0 Å². The summed E-state index contributed by atoms with van der Waals surface area (Å²) in [7, 11) is 0. The predicted octanol–water partition coefficient (Wildman–Crippen LogP) is 2.68. The molecular formula is C10H8ClO. The van der Waals surface area contributed by atoms with Crippen LogP contribution in [0.4, 0.5) is 0 Å². The quantitative estimate of drug-likeness (QED) is 0.682. The zero-order valence-corrected chi connectivity index (χ0v) is 7.27. The van der Waals surface area contributed by atoms with E-state index in [9.17, 15) is 4.79 Å². The number of rotatable bonds is 2. The summed E-state index contributed by atoms with van der Waals surface area (Å²) in [5.41, 5.74) is 1.62. The molecule has 0 unspecified atom stereocenters. The molecule has 12 heavy (non-hydrogen) atoms. The zero-order valence-electron chi connectivity index (χ0n) is 6.51. The molecular weight excluding hydrogens is 172 g/mol. The molecule has 2 rings (SSSR count). The highest BCUT2D eigenvalue weighted by molar-refractivity contribution is 6.33. The summed E-state index contributed by atoms with van der Waals surface area (Å²) in [6.45, 7) is 0. The third-order valence-electron chi connectivity index (χ3n) is 2.17. The van der Waals surface area contributed by atoms with Gasteiger partial charge in [-0.15, -0.1) is 0 Å². The van der Waals surface area contributed by atoms with E-state index in [4.69, 9.17) is 11.6 Å². The van der Waals surface area contributed by atoms with Gasteiger partial charge in [0.1, 0.15) is 0 Å². The van der Waals surface area contributed by atoms with Crippen molar-refractivity contribution in [3.05, 3.63) is 34.3 Å². The fraction of sp³-hybridized carbons (Fsp3) is 0.300. The van der Waals surface area contributed by atoms with Crippen molar-refractivity contribution in [1.82, 2.24) is 0 Å². The lowest BCUT2D eigenvalue weighted by atomic mass is 10.0. The van der Waals surface area contributed by atoms with E-state index in [1.165, 1.54) is 12.8 Å². The Morgan fingerprint density at radius 1 is 1.42 bits per heavy atom. The van der Waals surface area contributed by atoms with Crippen LogP contribution in [-0.2, 0) is 4.79 Å². The van der Waals surface area contributed by atoms with Gasteiger partial charge < -0.3 is 0 Å². The fourth-order valence-corrected chi connectivity index (χ4v) is 1.60. The van der Waals surface area contributed by atoms with E-state index in [1.54, 1.807) is 6.07 Å². The highest BCUT2D eigenvalue weighted by Crippen LogP contribution is 2.42. The van der Waals surface area contributed by atoms with Gasteiger partial charge in [-0.25, -0.2) is 0 Å². The molecule has 2 heteroatoms. The Hall–Kier alpha value is -0.820. The van der Waals surface area contributed by atoms with Crippen LogP contribution in [0.2, 0.25) is 5.02 Å². The van der Waals surface area contributed by atoms with Crippen molar-refractivity contribution >= 4 is 17.9 Å². The molecule has 0 aliphatic heterocycles. The summed E-state index contributed by atoms with van der Waals surface area (Å²) >= 11 is 5.84. The molecule has 0 bridgehead atoms. The van der Waals surface area contributed by atoms with E-state index >= 15 is 0 Å². The Labute approximate surface area is 76.4 Å². The Morgan fingerprint density at radius 3 is 2.75 bits per heavy atom. The normalized spacial score (nSPS) is 16.1. The first kappa shape index (κ1) is 7.81. The molecule has 1 radical (unpaired) electrons. The van der Waals surface area contributed by atoms with Crippen LogP contribution >= 0.6 is 11.6 Å². The number of hydrogen-bond acceptors (Lipinski definition) is 1. The zero-order chi connectivity index (χ0) is 8.55. The maximum Gasteiger partial charge on any atom is 0.235 e. The second-order valence-corrected chi connectivity index (χ2v) is 3.49. The van der Waals surface area contributed by atoms with Crippen molar-refractivity contribution < 1.29 is 4.79 Å². The topological polar surface area (TPSA) is 17.1 Å². The monoisotopic (exact) mass is 179 g/mol. The second kappa shape index (κ2) is 2.91. The summed E-state index contributed by atoms with van der Waals surface area (Å²) in [4.78, 5) is 10.6. The molecule has 1 aliphatic rings. The summed E-state index contributed by atoms with van der Waals surface area (Å²) in [6, 6.07) is 5.58. The third-order valence-corrected chi connectivity index (χ3v) is 2.48. The molecule has 0 atom stereocenters. The number of benzene rings is 1. The average Bonchev–Trinajstić information content (AvgIpc) is 2.86. The van der Waals surface area contributed by atoms with Gasteiger partial charge in [0.05, 0.1) is 5.02 Å². The van der Waals surface area contributed by atoms with Gasteiger partial charge in [0, 0.05) is 5.56 Å². The van der Waals surface area contributed by atoms with E-state index in [0.29, 0.717) is 16.5 Å². The summed E-state index contributed by atoms with van der Waals surface area (Å²) < 4.78 is 0. The van der Waals surface area contributed by atoms with E-state index < -0.39 is 0 Å². The first-order valence-corrected chi connectivity index (χ1v) is 4.37. The van der Waals surface area contributed by atoms with Crippen LogP contribution in [0, 0.1) is 0 Å². The molecule has 1 fully saturated rings. The largest absolute Gasteiger partial charge is 0.285 e. The van der Waals surface area contributed by atoms with Gasteiger partial charge >= 0.3 is 0 Å². The van der Waals surface area contributed by atoms with Gasteiger partial charge in [-0.2, -0.15) is 0 Å². The minimum atomic E-state index is 0.523. The lowest BCUT2D eigenvalue weighted by Gasteiger charge is -2.02. The molecule has 0 N–H and O–H groups in total. The summed E-state index contributed by atoms with van der Waals surface area (Å²) in [5, 5.41) is 0.523. The van der Waals surface area contributed by atoms with Gasteiger partial charge in [0.25, 0.3) is 0 Å². The smallest absolute Gasteiger partial charge is 0.235 e. The molecule has 1 aromatic carbocycles. The molecule has 61 valence electrons. The van der Waals surface area contributed by atoms with E-state index in [-0.39, 0.29) is 0 Å². The number of hydrogen-bond donors (Lipinski definition) is 0. The molecule has 1 aromatic rings. The van der Waals surface area contributed by atoms with Crippen LogP contribution in [0.25, 0.3) is 0 Å². The molecule has 1 nitrogen and oxygen atoms in total. The van der Waals surface area contributed by atoms with Gasteiger partial charge in [-0.3, -0.25) is 4.79 Å². The van der Waals surface area contributed by atoms with Crippen molar-refractivity contribution in [3.8, 4) is 0 Å². The minimum Gasteiger partial charge on any atom is -0.285 e. The third kappa shape index (κ3) is 1.25. The predicted molar refractivity (Wildman–Crippen MR) is 48.2 cm³/mol. The lowest BCUT2D eigenvalue weighted by Crippen LogP contribution is -1.90. The van der Waals surface area contributed by atoms with Crippen molar-refractivity contribution in [1.29, 1.82) is 0 Å². The van der Waals surface area contributed by atoms with Crippen LogP contribution in [0.5, 0.6) is 0 Å². The standard InChI is InChI=1S/C10H8ClO/c11-10-3-1-2-8(7-4-5-7)9(10)6-12/h1-3,7H,4-5H2. The van der Waals surface area contributed by atoms with Crippen molar-refractivity contribution in [3.63, 3.8) is 0 Å². The van der Waals surface area contributed by atoms with Crippen LogP contribution in [-0.4, -0.2) is 6.29 Å². The van der Waals surface area contributed by atoms with Crippen LogP contribution in [0.1, 0.15) is 29.9 Å². The van der Waals surface area contributed by atoms with E-state index in [1.807, 2.05) is 18.4 Å².